The van der Waals surface area contributed by atoms with Gasteiger partial charge in [0.1, 0.15) is 11.3 Å². The largest absolute Gasteiger partial charge is 0.478 e. The molecule has 0 saturated heterocycles. The summed E-state index contributed by atoms with van der Waals surface area (Å²) in [6.07, 6.45) is -5.06. The van der Waals surface area contributed by atoms with Gasteiger partial charge in [-0.05, 0) is 30.3 Å². The minimum atomic E-state index is -5.06. The number of aromatic carboxylic acids is 1. The number of halogens is 3. The van der Waals surface area contributed by atoms with E-state index >= 15 is 0 Å². The minimum absolute atomic E-state index is 0.206. The van der Waals surface area contributed by atoms with E-state index < -0.39 is 39.6 Å². The predicted octanol–water partition coefficient (Wildman–Crippen LogP) is 4.31. The number of rotatable bonds is 4. The topological polar surface area (TPSA) is 131 Å². The first-order valence-corrected chi connectivity index (χ1v) is 6.50. The molecule has 0 fully saturated rings. The van der Waals surface area contributed by atoms with Crippen molar-refractivity contribution in [3.05, 3.63) is 57.6 Å². The normalized spacial score (nSPS) is 11.6. The zero-order chi connectivity index (χ0) is 18.8. The van der Waals surface area contributed by atoms with Crippen molar-refractivity contribution in [1.29, 1.82) is 0 Å². The Morgan fingerprint density at radius 3 is 2.24 bits per heavy atom. The van der Waals surface area contributed by atoms with Crippen molar-refractivity contribution < 1.29 is 28.0 Å². The van der Waals surface area contributed by atoms with Crippen molar-refractivity contribution in [2.75, 3.05) is 5.73 Å². The number of nitro benzene ring substituents is 1. The molecule has 25 heavy (non-hydrogen) atoms. The first-order valence-electron chi connectivity index (χ1n) is 6.50. The lowest BCUT2D eigenvalue weighted by Gasteiger charge is -2.09. The van der Waals surface area contributed by atoms with Gasteiger partial charge in [-0.2, -0.15) is 18.3 Å². The van der Waals surface area contributed by atoms with E-state index in [4.69, 9.17) is 10.8 Å². The molecule has 0 spiro atoms. The molecule has 8 nitrogen and oxygen atoms in total. The maximum atomic E-state index is 13.0. The SMILES string of the molecule is Nc1ccc(/N=N/c2cc(C(F)(F)F)c([N+](=O)[O-])cc2C(=O)O)cc1. The van der Waals surface area contributed by atoms with Crippen LogP contribution in [0.3, 0.4) is 0 Å². The van der Waals surface area contributed by atoms with Crippen LogP contribution in [0.5, 0.6) is 0 Å². The number of azo groups is 1. The molecule has 0 unspecified atom stereocenters. The summed E-state index contributed by atoms with van der Waals surface area (Å²) in [5.74, 6) is -1.68. The van der Waals surface area contributed by atoms with E-state index in [0.717, 1.165) is 0 Å². The van der Waals surface area contributed by atoms with Gasteiger partial charge < -0.3 is 10.8 Å². The lowest BCUT2D eigenvalue weighted by atomic mass is 10.1. The second kappa shape index (κ2) is 6.55. The molecule has 0 amide bonds. The van der Waals surface area contributed by atoms with E-state index in [1.165, 1.54) is 24.3 Å². The third-order valence-corrected chi connectivity index (χ3v) is 3.01. The van der Waals surface area contributed by atoms with Gasteiger partial charge in [-0.1, -0.05) is 0 Å². The van der Waals surface area contributed by atoms with E-state index in [0.29, 0.717) is 11.8 Å². The average Bonchev–Trinajstić information content (AvgIpc) is 2.52. The summed E-state index contributed by atoms with van der Waals surface area (Å²) in [7, 11) is 0. The number of carboxylic acids is 1. The smallest absolute Gasteiger partial charge is 0.423 e. The Labute approximate surface area is 137 Å². The van der Waals surface area contributed by atoms with Crippen LogP contribution in [-0.4, -0.2) is 16.0 Å². The maximum absolute atomic E-state index is 13.0. The summed E-state index contributed by atoms with van der Waals surface area (Å²) in [5, 5.41) is 27.0. The van der Waals surface area contributed by atoms with Gasteiger partial charge in [0.2, 0.25) is 0 Å². The van der Waals surface area contributed by atoms with Crippen LogP contribution < -0.4 is 5.73 Å². The zero-order valence-electron chi connectivity index (χ0n) is 12.2. The fourth-order valence-electron chi connectivity index (χ4n) is 1.86. The van der Waals surface area contributed by atoms with Crippen molar-refractivity contribution in [3.8, 4) is 0 Å². The monoisotopic (exact) mass is 354 g/mol. The number of hydrogen-bond donors (Lipinski definition) is 2. The van der Waals surface area contributed by atoms with Gasteiger partial charge in [-0.15, -0.1) is 5.11 Å². The van der Waals surface area contributed by atoms with Crippen LogP contribution in [0, 0.1) is 10.1 Å². The van der Waals surface area contributed by atoms with Crippen molar-refractivity contribution in [1.82, 2.24) is 0 Å². The minimum Gasteiger partial charge on any atom is -0.478 e. The van der Waals surface area contributed by atoms with Gasteiger partial charge in [0.15, 0.2) is 0 Å². The lowest BCUT2D eigenvalue weighted by Crippen LogP contribution is -2.10. The molecule has 3 N–H and O–H groups in total. The first-order chi connectivity index (χ1) is 11.6. The fraction of sp³-hybridized carbons (Fsp3) is 0.0714. The highest BCUT2D eigenvalue weighted by Crippen LogP contribution is 2.40. The van der Waals surface area contributed by atoms with Gasteiger partial charge in [0, 0.05) is 11.8 Å². The third-order valence-electron chi connectivity index (χ3n) is 3.01. The number of benzene rings is 2. The molecule has 0 aliphatic rings. The van der Waals surface area contributed by atoms with Crippen LogP contribution in [0.15, 0.2) is 46.6 Å². The molecule has 0 radical (unpaired) electrons. The van der Waals surface area contributed by atoms with Gasteiger partial charge in [-0.3, -0.25) is 10.1 Å². The van der Waals surface area contributed by atoms with Gasteiger partial charge in [0.05, 0.1) is 16.2 Å². The molecule has 0 aromatic heterocycles. The molecule has 0 heterocycles. The molecule has 130 valence electrons. The Bertz CT molecular complexity index is 864. The predicted molar refractivity (Wildman–Crippen MR) is 80.1 cm³/mol. The number of anilines is 1. The lowest BCUT2D eigenvalue weighted by molar-refractivity contribution is -0.388. The van der Waals surface area contributed by atoms with E-state index in [-0.39, 0.29) is 11.8 Å². The first kappa shape index (κ1) is 17.8. The van der Waals surface area contributed by atoms with Gasteiger partial charge in [0.25, 0.3) is 5.69 Å². The van der Waals surface area contributed by atoms with Crippen molar-refractivity contribution >= 4 is 28.7 Å². The zero-order valence-corrected chi connectivity index (χ0v) is 12.2. The second-order valence-corrected chi connectivity index (χ2v) is 4.74. The molecule has 0 saturated carbocycles. The Morgan fingerprint density at radius 1 is 1.16 bits per heavy atom. The summed E-state index contributed by atoms with van der Waals surface area (Å²) in [5.41, 5.74) is 1.66. The number of alkyl halides is 3. The Balaban J connectivity index is 2.60. The highest BCUT2D eigenvalue weighted by atomic mass is 19.4. The number of carbonyl (C=O) groups is 1. The van der Waals surface area contributed by atoms with Crippen molar-refractivity contribution in [2.24, 2.45) is 10.2 Å². The molecule has 0 atom stereocenters. The van der Waals surface area contributed by atoms with Crippen LogP contribution in [0.1, 0.15) is 15.9 Å². The van der Waals surface area contributed by atoms with E-state index in [9.17, 15) is 28.1 Å². The molecule has 2 aromatic carbocycles. The van der Waals surface area contributed by atoms with Crippen LogP contribution in [-0.2, 0) is 6.18 Å². The number of hydrogen-bond acceptors (Lipinski definition) is 6. The average molecular weight is 354 g/mol. The highest BCUT2D eigenvalue weighted by molar-refractivity contribution is 5.94. The van der Waals surface area contributed by atoms with E-state index in [1.54, 1.807) is 0 Å². The number of nitrogen functional groups attached to an aromatic ring is 1. The molecule has 0 bridgehead atoms. The van der Waals surface area contributed by atoms with Crippen LogP contribution in [0.4, 0.5) is 35.9 Å². The summed E-state index contributed by atoms with van der Waals surface area (Å²) in [6.45, 7) is 0. The maximum Gasteiger partial charge on any atom is 0.423 e. The van der Waals surface area contributed by atoms with Crippen molar-refractivity contribution in [2.45, 2.75) is 6.18 Å². The van der Waals surface area contributed by atoms with Gasteiger partial charge in [-0.25, -0.2) is 4.79 Å². The summed E-state index contributed by atoms with van der Waals surface area (Å²) < 4.78 is 39.0. The van der Waals surface area contributed by atoms with Crippen LogP contribution in [0.25, 0.3) is 0 Å². The molecule has 0 aliphatic carbocycles. The van der Waals surface area contributed by atoms with Crippen molar-refractivity contribution in [3.63, 3.8) is 0 Å². The van der Waals surface area contributed by atoms with E-state index in [2.05, 4.69) is 10.2 Å². The quantitative estimate of drug-likeness (QED) is 0.365. The fourth-order valence-corrected chi connectivity index (χ4v) is 1.86. The Hall–Kier alpha value is -3.50. The number of nitrogens with two attached hydrogens (primary N) is 1. The van der Waals surface area contributed by atoms with Crippen LogP contribution >= 0.6 is 0 Å². The second-order valence-electron chi connectivity index (χ2n) is 4.74. The molecule has 0 aliphatic heterocycles. The summed E-state index contributed by atoms with van der Waals surface area (Å²) in [6, 6.07) is 6.34. The number of nitro groups is 1. The van der Waals surface area contributed by atoms with Crippen LogP contribution in [0.2, 0.25) is 0 Å². The summed E-state index contributed by atoms with van der Waals surface area (Å²) >= 11 is 0. The number of carboxylic acid groups (broad SMARTS) is 1. The Kier molecular flexibility index (Phi) is 4.68. The Morgan fingerprint density at radius 2 is 1.76 bits per heavy atom. The third kappa shape index (κ3) is 4.07. The van der Waals surface area contributed by atoms with E-state index in [1.807, 2.05) is 0 Å². The number of nitrogens with zero attached hydrogens (tertiary/aromatic N) is 3. The molecule has 2 rings (SSSR count). The summed E-state index contributed by atoms with van der Waals surface area (Å²) in [4.78, 5) is 20.7. The van der Waals surface area contributed by atoms with Gasteiger partial charge >= 0.3 is 12.1 Å². The molecular formula is C14H9F3N4O4. The molecule has 2 aromatic rings. The molecular weight excluding hydrogens is 345 g/mol. The molecule has 11 heteroatoms. The highest BCUT2D eigenvalue weighted by Gasteiger charge is 2.40. The standard InChI is InChI=1S/C14H9F3N4O4/c15-14(16,17)10-6-11(9(13(22)23)5-12(10)21(24)25)20-19-8-3-1-7(18)2-4-8/h1-6H,18H2,(H,22,23)/b20-19+.